The van der Waals surface area contributed by atoms with Crippen molar-refractivity contribution in [2.24, 2.45) is 0 Å². The van der Waals surface area contributed by atoms with Crippen molar-refractivity contribution in [3.8, 4) is 10.6 Å². The van der Waals surface area contributed by atoms with Crippen LogP contribution in [-0.4, -0.2) is 10.9 Å². The van der Waals surface area contributed by atoms with Crippen LogP contribution in [0.4, 0.5) is 0 Å². The van der Waals surface area contributed by atoms with E-state index in [2.05, 4.69) is 38.4 Å². The van der Waals surface area contributed by atoms with Gasteiger partial charge in [0.2, 0.25) is 0 Å². The Bertz CT molecular complexity index is 455. The van der Waals surface area contributed by atoms with E-state index in [9.17, 15) is 0 Å². The molecule has 0 saturated heterocycles. The molecule has 78 valence electrons. The van der Waals surface area contributed by atoms with Gasteiger partial charge in [0.15, 0.2) is 0 Å². The van der Waals surface area contributed by atoms with Crippen LogP contribution in [0, 0.1) is 0 Å². The van der Waals surface area contributed by atoms with E-state index in [-0.39, 0.29) is 0 Å². The van der Waals surface area contributed by atoms with Crippen LogP contribution in [0.5, 0.6) is 0 Å². The molecule has 0 bridgehead atoms. The zero-order valence-corrected chi connectivity index (χ0v) is 11.1. The van der Waals surface area contributed by atoms with Crippen molar-refractivity contribution in [3.63, 3.8) is 0 Å². The number of aryl methyl sites for hydroxylation is 1. The monoisotopic (exact) mass is 301 g/mol. The van der Waals surface area contributed by atoms with Crippen molar-refractivity contribution in [1.82, 2.24) is 4.98 Å². The van der Waals surface area contributed by atoms with Crippen molar-refractivity contribution in [2.75, 3.05) is 5.88 Å². The molecule has 0 amide bonds. The molecule has 0 saturated carbocycles. The molecule has 0 N–H and O–H groups in total. The van der Waals surface area contributed by atoms with E-state index < -0.39 is 0 Å². The SMILES string of the molecule is ClCCc1csc(-c2cccc(Br)c2)n1. The summed E-state index contributed by atoms with van der Waals surface area (Å²) in [6, 6.07) is 8.16. The van der Waals surface area contributed by atoms with Crippen molar-refractivity contribution in [3.05, 3.63) is 39.8 Å². The van der Waals surface area contributed by atoms with Gasteiger partial charge in [-0.25, -0.2) is 4.98 Å². The van der Waals surface area contributed by atoms with Gasteiger partial charge in [0, 0.05) is 27.7 Å². The molecule has 1 aromatic carbocycles. The van der Waals surface area contributed by atoms with E-state index in [1.54, 1.807) is 11.3 Å². The number of alkyl halides is 1. The fourth-order valence-corrected chi connectivity index (χ4v) is 2.72. The van der Waals surface area contributed by atoms with Gasteiger partial charge in [-0.2, -0.15) is 0 Å². The number of halogens is 2. The lowest BCUT2D eigenvalue weighted by Crippen LogP contribution is -1.85. The molecule has 0 radical (unpaired) electrons. The normalized spacial score (nSPS) is 10.5. The summed E-state index contributed by atoms with van der Waals surface area (Å²) < 4.78 is 1.08. The Hall–Kier alpha value is -0.380. The Morgan fingerprint density at radius 3 is 3.00 bits per heavy atom. The van der Waals surface area contributed by atoms with Crippen LogP contribution in [0.25, 0.3) is 10.6 Å². The highest BCUT2D eigenvalue weighted by molar-refractivity contribution is 9.10. The molecule has 1 heterocycles. The molecule has 1 aromatic heterocycles. The highest BCUT2D eigenvalue weighted by Crippen LogP contribution is 2.26. The van der Waals surface area contributed by atoms with Crippen molar-refractivity contribution in [2.45, 2.75) is 6.42 Å². The Morgan fingerprint density at radius 1 is 1.40 bits per heavy atom. The summed E-state index contributed by atoms with van der Waals surface area (Å²) >= 11 is 10.8. The Labute approximate surface area is 106 Å². The highest BCUT2D eigenvalue weighted by atomic mass is 79.9. The molecular weight excluding hydrogens is 294 g/mol. The lowest BCUT2D eigenvalue weighted by atomic mass is 10.2. The Balaban J connectivity index is 2.29. The van der Waals surface area contributed by atoms with Gasteiger partial charge in [0.1, 0.15) is 5.01 Å². The van der Waals surface area contributed by atoms with E-state index in [1.807, 2.05) is 12.1 Å². The van der Waals surface area contributed by atoms with Gasteiger partial charge in [-0.15, -0.1) is 22.9 Å². The van der Waals surface area contributed by atoms with Crippen molar-refractivity contribution >= 4 is 38.9 Å². The predicted octanol–water partition coefficient (Wildman–Crippen LogP) is 4.35. The summed E-state index contributed by atoms with van der Waals surface area (Å²) in [7, 11) is 0. The van der Waals surface area contributed by atoms with Crippen molar-refractivity contribution < 1.29 is 0 Å². The maximum atomic E-state index is 5.67. The Kier molecular flexibility index (Phi) is 3.78. The maximum Gasteiger partial charge on any atom is 0.123 e. The number of aromatic nitrogens is 1. The molecule has 0 spiro atoms. The van der Waals surface area contributed by atoms with Gasteiger partial charge in [-0.1, -0.05) is 28.1 Å². The lowest BCUT2D eigenvalue weighted by molar-refractivity contribution is 1.07. The average Bonchev–Trinajstić information content (AvgIpc) is 2.67. The van der Waals surface area contributed by atoms with Gasteiger partial charge >= 0.3 is 0 Å². The van der Waals surface area contributed by atoms with Crippen LogP contribution in [0.1, 0.15) is 5.69 Å². The first-order chi connectivity index (χ1) is 7.29. The van der Waals surface area contributed by atoms with Gasteiger partial charge in [0.25, 0.3) is 0 Å². The first kappa shape index (κ1) is 11.1. The molecule has 0 fully saturated rings. The smallest absolute Gasteiger partial charge is 0.123 e. The summed E-state index contributed by atoms with van der Waals surface area (Å²) in [5, 5.41) is 3.12. The molecule has 15 heavy (non-hydrogen) atoms. The van der Waals surface area contributed by atoms with Gasteiger partial charge in [0.05, 0.1) is 5.69 Å². The molecule has 0 unspecified atom stereocenters. The summed E-state index contributed by atoms with van der Waals surface area (Å²) in [5.74, 6) is 0.627. The minimum absolute atomic E-state index is 0.627. The third-order valence-electron chi connectivity index (χ3n) is 1.97. The summed E-state index contributed by atoms with van der Waals surface area (Å²) in [6.07, 6.45) is 0.839. The minimum Gasteiger partial charge on any atom is -0.241 e. The number of hydrogen-bond donors (Lipinski definition) is 0. The molecule has 0 aliphatic carbocycles. The summed E-state index contributed by atoms with van der Waals surface area (Å²) in [4.78, 5) is 4.52. The number of benzene rings is 1. The molecule has 1 nitrogen and oxygen atoms in total. The van der Waals surface area contributed by atoms with Crippen LogP contribution >= 0.6 is 38.9 Å². The van der Waals surface area contributed by atoms with Crippen LogP contribution in [0.3, 0.4) is 0 Å². The van der Waals surface area contributed by atoms with E-state index in [0.29, 0.717) is 5.88 Å². The molecule has 2 rings (SSSR count). The second-order valence-electron chi connectivity index (χ2n) is 3.09. The van der Waals surface area contributed by atoms with E-state index in [0.717, 1.165) is 27.2 Å². The van der Waals surface area contributed by atoms with Crippen LogP contribution in [-0.2, 0) is 6.42 Å². The van der Waals surface area contributed by atoms with Crippen molar-refractivity contribution in [1.29, 1.82) is 0 Å². The average molecular weight is 303 g/mol. The largest absolute Gasteiger partial charge is 0.241 e. The number of hydrogen-bond acceptors (Lipinski definition) is 2. The highest BCUT2D eigenvalue weighted by Gasteiger charge is 2.04. The second kappa shape index (κ2) is 5.10. The van der Waals surface area contributed by atoms with Gasteiger partial charge < -0.3 is 0 Å². The Morgan fingerprint density at radius 2 is 2.27 bits per heavy atom. The molecule has 4 heteroatoms. The zero-order chi connectivity index (χ0) is 10.7. The van der Waals surface area contributed by atoms with E-state index in [4.69, 9.17) is 11.6 Å². The van der Waals surface area contributed by atoms with Gasteiger partial charge in [-0.05, 0) is 12.1 Å². The fourth-order valence-electron chi connectivity index (χ4n) is 1.27. The van der Waals surface area contributed by atoms with Crippen LogP contribution < -0.4 is 0 Å². The quantitative estimate of drug-likeness (QED) is 0.768. The third kappa shape index (κ3) is 2.80. The maximum absolute atomic E-state index is 5.67. The van der Waals surface area contributed by atoms with Crippen LogP contribution in [0.2, 0.25) is 0 Å². The molecule has 0 aliphatic rings. The number of nitrogens with zero attached hydrogens (tertiary/aromatic N) is 1. The van der Waals surface area contributed by atoms with Gasteiger partial charge in [-0.3, -0.25) is 0 Å². The minimum atomic E-state index is 0.627. The summed E-state index contributed by atoms with van der Waals surface area (Å²) in [5.41, 5.74) is 2.22. The van der Waals surface area contributed by atoms with E-state index in [1.165, 1.54) is 0 Å². The topological polar surface area (TPSA) is 12.9 Å². The third-order valence-corrected chi connectivity index (χ3v) is 3.60. The number of rotatable bonds is 3. The first-order valence-electron chi connectivity index (χ1n) is 4.56. The lowest BCUT2D eigenvalue weighted by Gasteiger charge is -1.96. The molecular formula is C11H9BrClNS. The standard InChI is InChI=1S/C11H9BrClNS/c12-9-3-1-2-8(6-9)11-14-10(4-5-13)7-15-11/h1-3,6-7H,4-5H2. The van der Waals surface area contributed by atoms with Crippen LogP contribution in [0.15, 0.2) is 34.1 Å². The fraction of sp³-hybridized carbons (Fsp3) is 0.182. The molecule has 2 aromatic rings. The first-order valence-corrected chi connectivity index (χ1v) is 6.76. The second-order valence-corrected chi connectivity index (χ2v) is 5.25. The summed E-state index contributed by atoms with van der Waals surface area (Å²) in [6.45, 7) is 0. The predicted molar refractivity (Wildman–Crippen MR) is 69.7 cm³/mol. The molecule has 0 atom stereocenters. The zero-order valence-electron chi connectivity index (χ0n) is 7.91. The number of thiazole rings is 1. The molecule has 0 aliphatic heterocycles. The van der Waals surface area contributed by atoms with E-state index >= 15 is 0 Å².